The third kappa shape index (κ3) is 2.69. The van der Waals surface area contributed by atoms with E-state index in [1.807, 2.05) is 0 Å². The van der Waals surface area contributed by atoms with Gasteiger partial charge in [0.2, 0.25) is 0 Å². The summed E-state index contributed by atoms with van der Waals surface area (Å²) in [5, 5.41) is 18.4. The van der Waals surface area contributed by atoms with Crippen molar-refractivity contribution >= 4 is 39.0 Å². The number of hydrogen-bond donors (Lipinski definition) is 1. The van der Waals surface area contributed by atoms with Gasteiger partial charge in [0.05, 0.1) is 11.0 Å². The zero-order valence-electron chi connectivity index (χ0n) is 12.6. The van der Waals surface area contributed by atoms with Crippen molar-refractivity contribution in [1.29, 1.82) is 5.26 Å². The molecule has 0 unspecified atom stereocenters. The lowest BCUT2D eigenvalue weighted by atomic mass is 10.0. The maximum Gasteiger partial charge on any atom is 0.326 e. The minimum absolute atomic E-state index is 0.0766. The van der Waals surface area contributed by atoms with Crippen molar-refractivity contribution in [3.8, 4) is 6.07 Å². The molecule has 2 aromatic carbocycles. The highest BCUT2D eigenvalue weighted by Gasteiger charge is 2.77. The number of carboxylic acid groups (broad SMARTS) is 1. The molecule has 25 heavy (non-hydrogen) atoms. The molecular formula is C17H11Cl2NO4S. The van der Waals surface area contributed by atoms with Crippen LogP contribution in [0.1, 0.15) is 11.5 Å². The van der Waals surface area contributed by atoms with Crippen LogP contribution in [0.5, 0.6) is 0 Å². The molecule has 5 nitrogen and oxygen atoms in total. The Hall–Kier alpha value is -2.07. The molecule has 2 aromatic rings. The normalized spacial score (nSPS) is 25.2. The van der Waals surface area contributed by atoms with Gasteiger partial charge in [-0.05, 0) is 42.0 Å². The number of sulfone groups is 1. The molecule has 1 aliphatic carbocycles. The van der Waals surface area contributed by atoms with Gasteiger partial charge in [-0.25, -0.2) is 8.42 Å². The second-order valence-electron chi connectivity index (χ2n) is 5.74. The maximum absolute atomic E-state index is 13.0. The van der Waals surface area contributed by atoms with Crippen molar-refractivity contribution in [1.82, 2.24) is 0 Å². The summed E-state index contributed by atoms with van der Waals surface area (Å²) in [5.74, 6) is -2.48. The molecule has 128 valence electrons. The molecule has 1 N–H and O–H groups in total. The zero-order chi connectivity index (χ0) is 18.4. The van der Waals surface area contributed by atoms with E-state index in [-0.39, 0.29) is 4.90 Å². The Kier molecular flexibility index (Phi) is 4.28. The van der Waals surface area contributed by atoms with E-state index < -0.39 is 32.4 Å². The monoisotopic (exact) mass is 395 g/mol. The summed E-state index contributed by atoms with van der Waals surface area (Å²) in [6, 6.07) is 13.4. The molecule has 0 radical (unpaired) electrons. The first-order chi connectivity index (χ1) is 11.7. The molecular weight excluding hydrogens is 385 g/mol. The Bertz CT molecular complexity index is 998. The number of aliphatic carboxylic acids is 1. The molecule has 0 heterocycles. The topological polar surface area (TPSA) is 95.2 Å². The minimum Gasteiger partial charge on any atom is -0.480 e. The number of nitriles is 1. The van der Waals surface area contributed by atoms with Gasteiger partial charge < -0.3 is 5.11 Å². The molecule has 0 bridgehead atoms. The molecule has 0 amide bonds. The van der Waals surface area contributed by atoms with Crippen LogP contribution < -0.4 is 0 Å². The van der Waals surface area contributed by atoms with Gasteiger partial charge in [-0.3, -0.25) is 4.79 Å². The number of nitrogens with zero attached hydrogens (tertiary/aromatic N) is 1. The highest BCUT2D eigenvalue weighted by molar-refractivity contribution is 7.92. The standard InChI is InChI=1S/C17H11Cl2NO4S/c18-11-4-6-13(7-5-11)25(23,24)15-14(17(15,9-20)16(21)22)10-2-1-3-12(19)8-10/h1-8,14-15H,(H,21,22)/t14-,15-,17+/m1/s1. The van der Waals surface area contributed by atoms with Crippen LogP contribution >= 0.6 is 23.2 Å². The van der Waals surface area contributed by atoms with Crippen molar-refractivity contribution < 1.29 is 18.3 Å². The summed E-state index contributed by atoms with van der Waals surface area (Å²) in [7, 11) is -4.06. The van der Waals surface area contributed by atoms with Gasteiger partial charge in [-0.15, -0.1) is 0 Å². The van der Waals surface area contributed by atoms with E-state index in [0.29, 0.717) is 15.6 Å². The summed E-state index contributed by atoms with van der Waals surface area (Å²) < 4.78 is 25.9. The predicted molar refractivity (Wildman–Crippen MR) is 92.3 cm³/mol. The van der Waals surface area contributed by atoms with Gasteiger partial charge in [0.15, 0.2) is 15.3 Å². The van der Waals surface area contributed by atoms with Gasteiger partial charge >= 0.3 is 5.97 Å². The first-order valence-electron chi connectivity index (χ1n) is 7.14. The SMILES string of the molecule is N#C[C@]1(C(=O)O)[C@H](c2cccc(Cl)c2)[C@H]1S(=O)(=O)c1ccc(Cl)cc1. The van der Waals surface area contributed by atoms with Crippen LogP contribution in [0, 0.1) is 16.7 Å². The van der Waals surface area contributed by atoms with Crippen LogP contribution in [0.4, 0.5) is 0 Å². The fourth-order valence-corrected chi connectivity index (χ4v) is 5.70. The van der Waals surface area contributed by atoms with Gasteiger partial charge in [0.25, 0.3) is 0 Å². The van der Waals surface area contributed by atoms with Crippen molar-refractivity contribution in [2.24, 2.45) is 5.41 Å². The summed E-state index contributed by atoms with van der Waals surface area (Å²) in [6.45, 7) is 0. The molecule has 8 heteroatoms. The lowest BCUT2D eigenvalue weighted by Gasteiger charge is -2.05. The number of carbonyl (C=O) groups is 1. The van der Waals surface area contributed by atoms with Crippen LogP contribution in [0.15, 0.2) is 53.4 Å². The van der Waals surface area contributed by atoms with Gasteiger partial charge in [-0.1, -0.05) is 35.3 Å². The number of rotatable bonds is 4. The van der Waals surface area contributed by atoms with Crippen molar-refractivity contribution in [2.45, 2.75) is 16.1 Å². The Morgan fingerprint density at radius 1 is 1.12 bits per heavy atom. The van der Waals surface area contributed by atoms with E-state index in [1.54, 1.807) is 24.3 Å². The van der Waals surface area contributed by atoms with E-state index in [1.165, 1.54) is 30.3 Å². The number of hydrogen-bond acceptors (Lipinski definition) is 4. The third-order valence-corrected chi connectivity index (χ3v) is 7.08. The van der Waals surface area contributed by atoms with Crippen LogP contribution in [-0.2, 0) is 14.6 Å². The molecule has 3 rings (SSSR count). The molecule has 1 aliphatic rings. The van der Waals surface area contributed by atoms with Crippen molar-refractivity contribution in [3.05, 3.63) is 64.1 Å². The highest BCUT2D eigenvalue weighted by Crippen LogP contribution is 2.64. The Balaban J connectivity index is 2.14. The quantitative estimate of drug-likeness (QED) is 0.853. The Labute approximate surface area is 154 Å². The molecule has 0 spiro atoms. The summed E-state index contributed by atoms with van der Waals surface area (Å²) in [4.78, 5) is 11.7. The van der Waals surface area contributed by atoms with E-state index in [4.69, 9.17) is 23.2 Å². The van der Waals surface area contributed by atoms with E-state index in [9.17, 15) is 23.6 Å². The predicted octanol–water partition coefficient (Wildman–Crippen LogP) is 3.53. The van der Waals surface area contributed by atoms with E-state index in [2.05, 4.69) is 0 Å². The van der Waals surface area contributed by atoms with Gasteiger partial charge in [-0.2, -0.15) is 5.26 Å². The Morgan fingerprint density at radius 3 is 2.28 bits per heavy atom. The molecule has 1 saturated carbocycles. The third-order valence-electron chi connectivity index (χ3n) is 4.36. The lowest BCUT2D eigenvalue weighted by molar-refractivity contribution is -0.141. The Morgan fingerprint density at radius 2 is 1.76 bits per heavy atom. The minimum atomic E-state index is -4.06. The second kappa shape index (κ2) is 6.03. The molecule has 3 atom stereocenters. The molecule has 0 aromatic heterocycles. The summed E-state index contributed by atoms with van der Waals surface area (Å²) in [5.41, 5.74) is -1.65. The highest BCUT2D eigenvalue weighted by atomic mass is 35.5. The first-order valence-corrected chi connectivity index (χ1v) is 9.45. The fourth-order valence-electron chi connectivity index (χ4n) is 3.12. The first kappa shape index (κ1) is 17.7. The lowest BCUT2D eigenvalue weighted by Crippen LogP contribution is -2.22. The number of benzene rings is 2. The smallest absolute Gasteiger partial charge is 0.326 e. The van der Waals surface area contributed by atoms with Crippen LogP contribution in [-0.4, -0.2) is 24.7 Å². The van der Waals surface area contributed by atoms with Crippen molar-refractivity contribution in [3.63, 3.8) is 0 Å². The average molecular weight is 396 g/mol. The second-order valence-corrected chi connectivity index (χ2v) is 8.68. The molecule has 1 fully saturated rings. The number of carboxylic acids is 1. The molecule has 0 aliphatic heterocycles. The average Bonchev–Trinajstić information content (AvgIpc) is 3.27. The van der Waals surface area contributed by atoms with E-state index >= 15 is 0 Å². The number of halogens is 2. The van der Waals surface area contributed by atoms with Crippen LogP contribution in [0.25, 0.3) is 0 Å². The zero-order valence-corrected chi connectivity index (χ0v) is 14.9. The maximum atomic E-state index is 13.0. The van der Waals surface area contributed by atoms with Gasteiger partial charge in [0.1, 0.15) is 5.25 Å². The van der Waals surface area contributed by atoms with E-state index in [0.717, 1.165) is 0 Å². The largest absolute Gasteiger partial charge is 0.480 e. The van der Waals surface area contributed by atoms with Crippen LogP contribution in [0.2, 0.25) is 10.0 Å². The van der Waals surface area contributed by atoms with Gasteiger partial charge in [0, 0.05) is 16.0 Å². The molecule has 0 saturated heterocycles. The van der Waals surface area contributed by atoms with Crippen molar-refractivity contribution in [2.75, 3.05) is 0 Å². The fraction of sp³-hybridized carbons (Fsp3) is 0.176. The van der Waals surface area contributed by atoms with Crippen LogP contribution in [0.3, 0.4) is 0 Å². The summed E-state index contributed by atoms with van der Waals surface area (Å²) >= 11 is 11.7. The summed E-state index contributed by atoms with van der Waals surface area (Å²) in [6.07, 6.45) is 0.